The molecule has 0 bridgehead atoms. The van der Waals surface area contributed by atoms with Crippen molar-refractivity contribution < 1.29 is 45.8 Å². The van der Waals surface area contributed by atoms with Gasteiger partial charge in [0.1, 0.15) is 11.9 Å². The summed E-state index contributed by atoms with van der Waals surface area (Å²) in [4.78, 5) is 13.5. The summed E-state index contributed by atoms with van der Waals surface area (Å²) in [6.07, 6.45) is -0.248. The molecule has 2 saturated heterocycles. The fourth-order valence-electron chi connectivity index (χ4n) is 6.64. The third kappa shape index (κ3) is 12.0. The lowest BCUT2D eigenvalue weighted by Crippen LogP contribution is -2.43. The minimum Gasteiger partial charge on any atom is -0.481 e. The van der Waals surface area contributed by atoms with Crippen LogP contribution in [0.1, 0.15) is 43.4 Å². The van der Waals surface area contributed by atoms with Gasteiger partial charge < -0.3 is 33.3 Å². The van der Waals surface area contributed by atoms with Crippen molar-refractivity contribution in [3.63, 3.8) is 0 Å². The SMILES string of the molecule is CC(C)CN(CC[C@H](Cc1ccc(OCP(=O)(OCc2ccccc2)OCc2ccccc2)cc1)NC(=O)O[C@H]1CO[C@H]2OCC[C@H]21)S(=O)(=O)c1ccccc1. The van der Waals surface area contributed by atoms with E-state index in [0.29, 0.717) is 31.7 Å². The molecule has 300 valence electrons. The van der Waals surface area contributed by atoms with E-state index in [0.717, 1.165) is 23.1 Å². The average Bonchev–Trinajstić information content (AvgIpc) is 3.84. The second-order valence-electron chi connectivity index (χ2n) is 14.4. The molecule has 4 atom stereocenters. The molecule has 1 N–H and O–H groups in total. The molecule has 4 aromatic rings. The standard InChI is InChI=1S/C42H51N2O10PS/c1-32(2)27-44(56(47,48)38-16-10-5-11-17-38)24-22-36(43-42(45)54-40-30-50-41-39(40)23-25-49-41)26-33-18-20-37(21-19-33)51-31-55(46,52-28-34-12-6-3-7-13-34)53-29-35-14-8-4-9-15-35/h3-21,32,36,39-41H,22-31H2,1-2H3,(H,43,45)/t36-,39+,40+,41-/m1/s1. The predicted octanol–water partition coefficient (Wildman–Crippen LogP) is 7.79. The third-order valence-electron chi connectivity index (χ3n) is 9.58. The van der Waals surface area contributed by atoms with E-state index in [4.69, 9.17) is 28.0 Å². The Labute approximate surface area is 330 Å². The molecule has 6 rings (SSSR count). The van der Waals surface area contributed by atoms with Gasteiger partial charge in [0.25, 0.3) is 0 Å². The number of hydrogen-bond donors (Lipinski definition) is 1. The van der Waals surface area contributed by atoms with E-state index in [1.165, 1.54) is 4.31 Å². The number of hydrogen-bond acceptors (Lipinski definition) is 10. The number of nitrogens with one attached hydrogen (secondary N) is 1. The smallest absolute Gasteiger partial charge is 0.407 e. The highest BCUT2D eigenvalue weighted by molar-refractivity contribution is 7.89. The van der Waals surface area contributed by atoms with Gasteiger partial charge in [-0.1, -0.05) is 105 Å². The normalized spacial score (nSPS) is 18.8. The number of benzene rings is 4. The van der Waals surface area contributed by atoms with Gasteiger partial charge in [-0.15, -0.1) is 0 Å². The van der Waals surface area contributed by atoms with E-state index >= 15 is 0 Å². The van der Waals surface area contributed by atoms with Gasteiger partial charge in [0.05, 0.1) is 37.2 Å². The van der Waals surface area contributed by atoms with Crippen molar-refractivity contribution in [3.05, 3.63) is 132 Å². The topological polar surface area (TPSA) is 139 Å². The van der Waals surface area contributed by atoms with Crippen LogP contribution < -0.4 is 10.1 Å². The lowest BCUT2D eigenvalue weighted by Gasteiger charge is -2.27. The zero-order chi connectivity index (χ0) is 39.4. The molecule has 2 fully saturated rings. The fourth-order valence-corrected chi connectivity index (χ4v) is 9.50. The molecule has 56 heavy (non-hydrogen) atoms. The first-order chi connectivity index (χ1) is 27.1. The minimum absolute atomic E-state index is 0.0212. The van der Waals surface area contributed by atoms with E-state index < -0.39 is 35.9 Å². The molecule has 0 aromatic heterocycles. The molecule has 0 spiro atoms. The van der Waals surface area contributed by atoms with Crippen molar-refractivity contribution in [2.45, 2.75) is 69.7 Å². The maximum absolute atomic E-state index is 13.9. The fraction of sp³-hybridized carbons (Fsp3) is 0.405. The molecule has 2 heterocycles. The lowest BCUT2D eigenvalue weighted by molar-refractivity contribution is -0.0907. The Morgan fingerprint density at radius 1 is 0.839 bits per heavy atom. The third-order valence-corrected chi connectivity index (χ3v) is 12.9. The Morgan fingerprint density at radius 3 is 2.05 bits per heavy atom. The molecule has 12 nitrogen and oxygen atoms in total. The average molecular weight is 807 g/mol. The minimum atomic E-state index is -3.79. The number of alkyl carbamates (subject to hydrolysis) is 1. The Hall–Kier alpha value is -4.07. The molecule has 0 radical (unpaired) electrons. The number of nitrogens with zero attached hydrogens (tertiary/aromatic N) is 1. The lowest BCUT2D eigenvalue weighted by atomic mass is 10.0. The molecule has 2 aliphatic rings. The zero-order valence-electron chi connectivity index (χ0n) is 31.8. The summed E-state index contributed by atoms with van der Waals surface area (Å²) in [5, 5.41) is 3.01. The largest absolute Gasteiger partial charge is 0.481 e. The van der Waals surface area contributed by atoms with Gasteiger partial charge in [-0.05, 0) is 66.1 Å². The molecule has 0 aliphatic carbocycles. The molecular weight excluding hydrogens is 756 g/mol. The molecular formula is C42H51N2O10PS. The van der Waals surface area contributed by atoms with Crippen molar-refractivity contribution in [2.24, 2.45) is 11.8 Å². The maximum Gasteiger partial charge on any atom is 0.407 e. The van der Waals surface area contributed by atoms with Crippen molar-refractivity contribution in [3.8, 4) is 5.75 Å². The summed E-state index contributed by atoms with van der Waals surface area (Å²) in [5.41, 5.74) is 2.57. The van der Waals surface area contributed by atoms with E-state index in [1.807, 2.05) is 86.6 Å². The van der Waals surface area contributed by atoms with Gasteiger partial charge in [0.15, 0.2) is 12.6 Å². The Kier molecular flexibility index (Phi) is 14.7. The van der Waals surface area contributed by atoms with Crippen LogP contribution in [0.15, 0.2) is 120 Å². The summed E-state index contributed by atoms with van der Waals surface area (Å²) in [5.74, 6) is 0.507. The van der Waals surface area contributed by atoms with Gasteiger partial charge in [-0.3, -0.25) is 4.57 Å². The van der Waals surface area contributed by atoms with Gasteiger partial charge >= 0.3 is 13.7 Å². The van der Waals surface area contributed by atoms with Gasteiger partial charge in [-0.25, -0.2) is 13.2 Å². The van der Waals surface area contributed by atoms with E-state index in [2.05, 4.69) is 5.32 Å². The van der Waals surface area contributed by atoms with Crippen LogP contribution in [0.25, 0.3) is 0 Å². The molecule has 1 amide bonds. The van der Waals surface area contributed by atoms with Crippen LogP contribution in [0.5, 0.6) is 5.75 Å². The van der Waals surface area contributed by atoms with Gasteiger partial charge in [-0.2, -0.15) is 4.31 Å². The van der Waals surface area contributed by atoms with Crippen LogP contribution >= 0.6 is 7.60 Å². The number of amides is 1. The van der Waals surface area contributed by atoms with Gasteiger partial charge in [0.2, 0.25) is 10.0 Å². The van der Waals surface area contributed by atoms with Crippen LogP contribution in [0.3, 0.4) is 0 Å². The van der Waals surface area contributed by atoms with Crippen LogP contribution in [0.2, 0.25) is 0 Å². The zero-order valence-corrected chi connectivity index (χ0v) is 33.5. The summed E-state index contributed by atoms with van der Waals surface area (Å²) >= 11 is 0. The van der Waals surface area contributed by atoms with Crippen molar-refractivity contribution >= 4 is 23.7 Å². The molecule has 0 saturated carbocycles. The predicted molar refractivity (Wildman–Crippen MR) is 211 cm³/mol. The number of sulfonamides is 1. The molecule has 0 unspecified atom stereocenters. The van der Waals surface area contributed by atoms with Crippen LogP contribution in [-0.4, -0.2) is 69.9 Å². The number of ether oxygens (including phenoxy) is 4. The van der Waals surface area contributed by atoms with Crippen LogP contribution in [0.4, 0.5) is 4.79 Å². The van der Waals surface area contributed by atoms with E-state index in [9.17, 15) is 17.8 Å². The first-order valence-electron chi connectivity index (χ1n) is 19.0. The van der Waals surface area contributed by atoms with Crippen molar-refractivity contribution in [1.82, 2.24) is 9.62 Å². The highest BCUT2D eigenvalue weighted by Crippen LogP contribution is 2.49. The first-order valence-corrected chi connectivity index (χ1v) is 22.2. The number of fused-ring (bicyclic) bond motifs is 1. The van der Waals surface area contributed by atoms with E-state index in [1.54, 1.807) is 42.5 Å². The van der Waals surface area contributed by atoms with Crippen LogP contribution in [0, 0.1) is 11.8 Å². The summed E-state index contributed by atoms with van der Waals surface area (Å²) in [6, 6.07) is 34.0. The Bertz CT molecular complexity index is 1920. The Balaban J connectivity index is 1.12. The monoisotopic (exact) mass is 806 g/mol. The highest BCUT2D eigenvalue weighted by Gasteiger charge is 2.44. The highest BCUT2D eigenvalue weighted by atomic mass is 32.2. The molecule has 4 aromatic carbocycles. The number of carbonyl (C=O) groups is 1. The quantitative estimate of drug-likeness (QED) is 0.0882. The number of rotatable bonds is 20. The second-order valence-corrected chi connectivity index (χ2v) is 18.4. The second kappa shape index (κ2) is 19.9. The van der Waals surface area contributed by atoms with Crippen molar-refractivity contribution in [2.75, 3.05) is 32.7 Å². The molecule has 14 heteroatoms. The van der Waals surface area contributed by atoms with Crippen LogP contribution in [-0.2, 0) is 57.5 Å². The first kappa shape index (κ1) is 41.6. The summed E-state index contributed by atoms with van der Waals surface area (Å²) in [7, 11) is -7.49. The molecule has 2 aliphatic heterocycles. The van der Waals surface area contributed by atoms with E-state index in [-0.39, 0.29) is 55.7 Å². The Morgan fingerprint density at radius 2 is 1.45 bits per heavy atom. The summed E-state index contributed by atoms with van der Waals surface area (Å²) in [6.45, 7) is 5.43. The number of carbonyl (C=O) groups excluding carboxylic acids is 1. The van der Waals surface area contributed by atoms with Gasteiger partial charge in [0, 0.05) is 19.1 Å². The maximum atomic E-state index is 13.9. The van der Waals surface area contributed by atoms with Crippen molar-refractivity contribution in [1.29, 1.82) is 0 Å². The summed E-state index contributed by atoms with van der Waals surface area (Å²) < 4.78 is 77.6.